The van der Waals surface area contributed by atoms with Gasteiger partial charge in [0.1, 0.15) is 0 Å². The maximum Gasteiger partial charge on any atom is 0.416 e. The van der Waals surface area contributed by atoms with Gasteiger partial charge in [0.25, 0.3) is 0 Å². The van der Waals surface area contributed by atoms with E-state index in [4.69, 9.17) is 5.11 Å². The third kappa shape index (κ3) is 2.01. The number of aromatic nitrogens is 1. The summed E-state index contributed by atoms with van der Waals surface area (Å²) in [6.45, 7) is 0. The van der Waals surface area contributed by atoms with Crippen molar-refractivity contribution >= 4 is 23.3 Å². The smallest absolute Gasteiger partial charge is 0.416 e. The summed E-state index contributed by atoms with van der Waals surface area (Å²) in [5.74, 6) is 0. The molecule has 0 atom stereocenters. The first-order valence-corrected chi connectivity index (χ1v) is 4.02. The zero-order valence-corrected chi connectivity index (χ0v) is 10.6. The van der Waals surface area contributed by atoms with Crippen LogP contribution in [0, 0.1) is 0 Å². The van der Waals surface area contributed by atoms with Gasteiger partial charge in [0.15, 0.2) is 6.29 Å². The molecule has 0 aliphatic carbocycles. The van der Waals surface area contributed by atoms with Crippen LogP contribution in [0.1, 0.15) is 10.4 Å². The van der Waals surface area contributed by atoms with Gasteiger partial charge in [-0.2, -0.15) is 0 Å². The second-order valence-corrected chi connectivity index (χ2v) is 2.87. The Bertz CT molecular complexity index is 518. The minimum Gasteiger partial charge on any atom is -0.464 e. The first-order chi connectivity index (χ1) is 6.74. The molecule has 0 saturated carbocycles. The van der Waals surface area contributed by atoms with Crippen molar-refractivity contribution in [1.82, 2.24) is 4.57 Å². The van der Waals surface area contributed by atoms with E-state index in [2.05, 4.69) is 0 Å². The maximum atomic E-state index is 10.8. The first-order valence-electron chi connectivity index (χ1n) is 4.02. The number of carboxylic acid groups (broad SMARTS) is 1. The van der Waals surface area contributed by atoms with Crippen LogP contribution in [-0.2, 0) is 32.7 Å². The third-order valence-corrected chi connectivity index (χ3v) is 2.08. The second kappa shape index (κ2) is 4.68. The molecule has 5 heteroatoms. The topological polar surface area (TPSA) is 59.3 Å². The molecule has 2 aromatic rings. The van der Waals surface area contributed by atoms with Crippen LogP contribution in [0.25, 0.3) is 10.9 Å². The van der Waals surface area contributed by atoms with Crippen molar-refractivity contribution in [3.05, 3.63) is 36.0 Å². The largest absolute Gasteiger partial charge is 0.464 e. The van der Waals surface area contributed by atoms with Gasteiger partial charge in [0.05, 0.1) is 5.52 Å². The van der Waals surface area contributed by atoms with Gasteiger partial charge in [-0.3, -0.25) is 9.36 Å². The van der Waals surface area contributed by atoms with Crippen molar-refractivity contribution in [2.24, 2.45) is 0 Å². The second-order valence-electron chi connectivity index (χ2n) is 2.87. The molecule has 1 aromatic heterocycles. The Morgan fingerprint density at radius 2 is 2.00 bits per heavy atom. The molecule has 4 nitrogen and oxygen atoms in total. The molecule has 0 aliphatic rings. The Morgan fingerprint density at radius 1 is 1.33 bits per heavy atom. The van der Waals surface area contributed by atoms with Crippen molar-refractivity contribution in [3.8, 4) is 0 Å². The summed E-state index contributed by atoms with van der Waals surface area (Å²) in [4.78, 5) is 21.4. The number of fused-ring (bicyclic) bond motifs is 1. The summed E-state index contributed by atoms with van der Waals surface area (Å²) in [6, 6.07) is 6.88. The van der Waals surface area contributed by atoms with E-state index in [1.165, 1.54) is 6.20 Å². The Balaban J connectivity index is 0.00000112. The predicted molar refractivity (Wildman–Crippen MR) is 50.7 cm³/mol. The van der Waals surface area contributed by atoms with Gasteiger partial charge in [-0.1, -0.05) is 18.2 Å². The average molecular weight is 278 g/mol. The number of carbonyl (C=O) groups excluding carboxylic acids is 1. The fraction of sp³-hybridized carbons (Fsp3) is 0. The first kappa shape index (κ1) is 12.1. The number of rotatable bonds is 1. The number of benzene rings is 1. The minimum absolute atomic E-state index is 0. The third-order valence-electron chi connectivity index (χ3n) is 2.08. The van der Waals surface area contributed by atoms with E-state index in [1.807, 2.05) is 0 Å². The number of nitrogens with zero attached hydrogens (tertiary/aromatic N) is 1. The van der Waals surface area contributed by atoms with Crippen LogP contribution < -0.4 is 0 Å². The number of hydrogen-bond donors (Lipinski definition) is 1. The Kier molecular flexibility index (Phi) is 3.77. The summed E-state index contributed by atoms with van der Waals surface area (Å²) in [6.07, 6.45) is 0.885. The molecule has 1 heterocycles. The van der Waals surface area contributed by atoms with Gasteiger partial charge in [0.2, 0.25) is 0 Å². The van der Waals surface area contributed by atoms with Gasteiger partial charge >= 0.3 is 6.09 Å². The van der Waals surface area contributed by atoms with Crippen LogP contribution in [0.3, 0.4) is 0 Å². The summed E-state index contributed by atoms with van der Waals surface area (Å²) in [7, 11) is 0. The van der Waals surface area contributed by atoms with Crippen molar-refractivity contribution in [2.75, 3.05) is 0 Å². The van der Waals surface area contributed by atoms with Crippen LogP contribution in [0.4, 0.5) is 4.79 Å². The molecular formula is C10H7NO3Y. The number of carbonyl (C=O) groups is 2. The van der Waals surface area contributed by atoms with Crippen molar-refractivity contribution < 1.29 is 47.4 Å². The molecule has 73 valence electrons. The fourth-order valence-electron chi connectivity index (χ4n) is 1.46. The van der Waals surface area contributed by atoms with Gasteiger partial charge < -0.3 is 5.11 Å². The SMILES string of the molecule is O=Cc1cn(C(=O)O)c2ccccc12.[Y]. The summed E-state index contributed by atoms with van der Waals surface area (Å²) in [5.41, 5.74) is 0.921. The predicted octanol–water partition coefficient (Wildman–Crippen LogP) is 1.98. The maximum absolute atomic E-state index is 10.8. The summed E-state index contributed by atoms with van der Waals surface area (Å²) >= 11 is 0. The van der Waals surface area contributed by atoms with Gasteiger partial charge in [-0.05, 0) is 6.07 Å². The molecule has 15 heavy (non-hydrogen) atoms. The molecule has 0 unspecified atom stereocenters. The quantitative estimate of drug-likeness (QED) is 0.811. The van der Waals surface area contributed by atoms with Crippen molar-refractivity contribution in [1.29, 1.82) is 0 Å². The normalized spacial score (nSPS) is 9.60. The van der Waals surface area contributed by atoms with E-state index in [0.29, 0.717) is 22.8 Å². The van der Waals surface area contributed by atoms with Crippen molar-refractivity contribution in [3.63, 3.8) is 0 Å². The molecular weight excluding hydrogens is 271 g/mol. The number of aldehydes is 1. The summed E-state index contributed by atoms with van der Waals surface area (Å²) < 4.78 is 1.04. The van der Waals surface area contributed by atoms with Crippen LogP contribution in [0.5, 0.6) is 0 Å². The molecule has 0 aliphatic heterocycles. The van der Waals surface area contributed by atoms with E-state index in [-0.39, 0.29) is 32.7 Å². The Hall–Kier alpha value is -0.996. The van der Waals surface area contributed by atoms with Gasteiger partial charge in [-0.15, -0.1) is 0 Å². The zero-order valence-electron chi connectivity index (χ0n) is 7.75. The van der Waals surface area contributed by atoms with E-state index in [9.17, 15) is 9.59 Å². The van der Waals surface area contributed by atoms with E-state index < -0.39 is 6.09 Å². The molecule has 0 fully saturated rings. The van der Waals surface area contributed by atoms with Crippen LogP contribution >= 0.6 is 0 Å². The molecule has 1 radical (unpaired) electrons. The van der Waals surface area contributed by atoms with Gasteiger partial charge in [0, 0.05) is 49.9 Å². The molecule has 0 bridgehead atoms. The molecule has 1 aromatic carbocycles. The van der Waals surface area contributed by atoms with Crippen LogP contribution in [0.15, 0.2) is 30.5 Å². The van der Waals surface area contributed by atoms with E-state index >= 15 is 0 Å². The number of hydrogen-bond acceptors (Lipinski definition) is 2. The van der Waals surface area contributed by atoms with E-state index in [0.717, 1.165) is 4.57 Å². The monoisotopic (exact) mass is 278 g/mol. The molecule has 1 N–H and O–H groups in total. The molecule has 0 amide bonds. The molecule has 0 spiro atoms. The molecule has 2 rings (SSSR count). The summed E-state index contributed by atoms with van der Waals surface area (Å²) in [5, 5.41) is 9.50. The van der Waals surface area contributed by atoms with Crippen molar-refractivity contribution in [2.45, 2.75) is 0 Å². The minimum atomic E-state index is -1.09. The fourth-order valence-corrected chi connectivity index (χ4v) is 1.46. The number of para-hydroxylation sites is 1. The Labute approximate surface area is 111 Å². The zero-order chi connectivity index (χ0) is 10.1. The standard InChI is InChI=1S/C10H7NO3.Y/c12-6-7-5-11(10(13)14)9-4-2-1-3-8(7)9;/h1-6H,(H,13,14);. The van der Waals surface area contributed by atoms with Crippen LogP contribution in [0.2, 0.25) is 0 Å². The average Bonchev–Trinajstić information content (AvgIpc) is 2.56. The van der Waals surface area contributed by atoms with E-state index in [1.54, 1.807) is 24.3 Å². The molecule has 0 saturated heterocycles. The van der Waals surface area contributed by atoms with Crippen LogP contribution in [-0.4, -0.2) is 22.1 Å². The Morgan fingerprint density at radius 3 is 2.60 bits per heavy atom. The van der Waals surface area contributed by atoms with Gasteiger partial charge in [-0.25, -0.2) is 4.79 Å².